The van der Waals surface area contributed by atoms with Gasteiger partial charge in [-0.05, 0) is 6.92 Å². The van der Waals surface area contributed by atoms with Gasteiger partial charge in [-0.25, -0.2) is 4.57 Å². The number of rotatable bonds is 4. The van der Waals surface area contributed by atoms with E-state index in [4.69, 9.17) is 35.9 Å². The van der Waals surface area contributed by atoms with Crippen molar-refractivity contribution in [3.05, 3.63) is 0 Å². The first kappa shape index (κ1) is 18.4. The summed E-state index contributed by atoms with van der Waals surface area (Å²) in [6.07, 6.45) is 4.87. The average molecular weight is 270 g/mol. The highest BCUT2D eigenvalue weighted by Gasteiger charge is 2.35. The average Bonchev–Trinajstić information content (AvgIpc) is 1.99. The minimum atomic E-state index is -4.64. The lowest BCUT2D eigenvalue weighted by molar-refractivity contribution is -0.147. The van der Waals surface area contributed by atoms with Gasteiger partial charge in [0, 0.05) is 13.0 Å². The molecule has 0 aromatic heterocycles. The second kappa shape index (κ2) is 7.40. The Labute approximate surface area is 97.8 Å². The molecule has 0 saturated carbocycles. The van der Waals surface area contributed by atoms with Gasteiger partial charge in [-0.15, -0.1) is 6.42 Å². The fourth-order valence-electron chi connectivity index (χ4n) is 0.888. The number of carboxylic acids is 1. The first-order valence-electron chi connectivity index (χ1n) is 4.26. The van der Waals surface area contributed by atoms with E-state index in [0.717, 1.165) is 0 Å². The van der Waals surface area contributed by atoms with Crippen molar-refractivity contribution in [2.75, 3.05) is 6.61 Å². The Hall–Kier alpha value is -0.940. The zero-order valence-electron chi connectivity index (χ0n) is 9.02. The van der Waals surface area contributed by atoms with Crippen LogP contribution in [0.2, 0.25) is 0 Å². The maximum absolute atomic E-state index is 10.5. The van der Waals surface area contributed by atoms with Crippen LogP contribution < -0.4 is 0 Å². The Bertz CT molecular complexity index is 317. The van der Waals surface area contributed by atoms with E-state index in [2.05, 4.69) is 0 Å². The zero-order valence-corrected chi connectivity index (χ0v) is 9.91. The van der Waals surface area contributed by atoms with Crippen molar-refractivity contribution in [1.82, 2.24) is 0 Å². The number of carbonyl (C=O) groups is 1. The first-order valence-corrected chi connectivity index (χ1v) is 5.82. The Morgan fingerprint density at radius 1 is 1.47 bits per heavy atom. The Morgan fingerprint density at radius 3 is 2.00 bits per heavy atom. The van der Waals surface area contributed by atoms with Crippen LogP contribution in [-0.4, -0.2) is 48.2 Å². The molecule has 9 heteroatoms. The largest absolute Gasteiger partial charge is 0.480 e. The van der Waals surface area contributed by atoms with Crippen LogP contribution in [0.4, 0.5) is 0 Å². The Morgan fingerprint density at radius 2 is 1.82 bits per heavy atom. The summed E-state index contributed by atoms with van der Waals surface area (Å²) in [5, 5.41) is 26.5. The summed E-state index contributed by atoms with van der Waals surface area (Å²) in [6, 6.07) is 0. The molecule has 6 N–H and O–H groups in total. The van der Waals surface area contributed by atoms with Crippen LogP contribution in [0.5, 0.6) is 0 Å². The van der Waals surface area contributed by atoms with Gasteiger partial charge in [0.1, 0.15) is 5.92 Å². The van der Waals surface area contributed by atoms with Gasteiger partial charge in [0.15, 0.2) is 0 Å². The van der Waals surface area contributed by atoms with E-state index >= 15 is 0 Å². The minimum Gasteiger partial charge on any atom is -0.480 e. The predicted molar refractivity (Wildman–Crippen MR) is 56.5 cm³/mol. The molecule has 0 aliphatic rings. The van der Waals surface area contributed by atoms with Gasteiger partial charge in [-0.1, -0.05) is 5.92 Å². The fraction of sp³-hybridized carbons (Fsp3) is 0.625. The third-order valence-corrected chi connectivity index (χ3v) is 1.65. The van der Waals surface area contributed by atoms with E-state index in [1.165, 1.54) is 6.92 Å². The molecule has 0 aliphatic carbocycles. The molecule has 0 rings (SSSR count). The van der Waals surface area contributed by atoms with E-state index in [1.807, 2.05) is 5.92 Å². The molecule has 0 bridgehead atoms. The number of aliphatic carboxylic acids is 1. The molecule has 1 unspecified atom stereocenters. The van der Waals surface area contributed by atoms with Gasteiger partial charge in [-0.3, -0.25) is 4.79 Å². The molecule has 8 nitrogen and oxygen atoms in total. The van der Waals surface area contributed by atoms with Crippen LogP contribution in [0.25, 0.3) is 0 Å². The van der Waals surface area contributed by atoms with Crippen molar-refractivity contribution in [3.8, 4) is 12.3 Å². The van der Waals surface area contributed by atoms with Crippen LogP contribution >= 0.6 is 7.82 Å². The molecule has 0 radical (unpaired) electrons. The van der Waals surface area contributed by atoms with Gasteiger partial charge >= 0.3 is 13.8 Å². The zero-order chi connectivity index (χ0) is 14.3. The monoisotopic (exact) mass is 270 g/mol. The van der Waals surface area contributed by atoms with Crippen molar-refractivity contribution < 1.29 is 39.4 Å². The highest BCUT2D eigenvalue weighted by atomic mass is 31.2. The molecule has 0 aromatic carbocycles. The van der Waals surface area contributed by atoms with E-state index in [9.17, 15) is 9.90 Å². The topological polar surface area (TPSA) is 156 Å². The maximum Gasteiger partial charge on any atom is 0.466 e. The molecule has 0 heterocycles. The summed E-state index contributed by atoms with van der Waals surface area (Å²) in [7, 11) is -4.64. The maximum atomic E-state index is 10.5. The summed E-state index contributed by atoms with van der Waals surface area (Å²) >= 11 is 0. The lowest BCUT2D eigenvalue weighted by Crippen LogP contribution is -2.39. The lowest BCUT2D eigenvalue weighted by Gasteiger charge is -2.25. The predicted octanol–water partition coefficient (Wildman–Crippen LogP) is -1.47. The molecular weight excluding hydrogens is 255 g/mol. The second-order valence-corrected chi connectivity index (χ2v) is 4.31. The van der Waals surface area contributed by atoms with Gasteiger partial charge < -0.3 is 30.0 Å². The summed E-state index contributed by atoms with van der Waals surface area (Å²) in [5.74, 6) is -0.561. The smallest absolute Gasteiger partial charge is 0.466 e. The highest BCUT2D eigenvalue weighted by molar-refractivity contribution is 7.45. The number of carboxylic acid groups (broad SMARTS) is 1. The number of aliphatic hydroxyl groups excluding tert-OH is 1. The molecular formula is C8H15O8P. The van der Waals surface area contributed by atoms with Crippen LogP contribution in [0, 0.1) is 18.3 Å². The van der Waals surface area contributed by atoms with Gasteiger partial charge in [0.05, 0.1) is 5.60 Å². The van der Waals surface area contributed by atoms with Crippen molar-refractivity contribution in [2.45, 2.75) is 18.9 Å². The number of aliphatic hydroxyl groups is 2. The molecule has 100 valence electrons. The quantitative estimate of drug-likeness (QED) is 0.267. The number of hydrogen-bond acceptors (Lipinski definition) is 4. The lowest BCUT2D eigenvalue weighted by atomic mass is 9.87. The Balaban J connectivity index is 0. The van der Waals surface area contributed by atoms with E-state index in [0.29, 0.717) is 0 Å². The Kier molecular flexibility index (Phi) is 8.02. The van der Waals surface area contributed by atoms with Crippen molar-refractivity contribution in [2.24, 2.45) is 5.92 Å². The fourth-order valence-corrected chi connectivity index (χ4v) is 0.888. The van der Waals surface area contributed by atoms with Gasteiger partial charge in [0.2, 0.25) is 0 Å². The van der Waals surface area contributed by atoms with Crippen molar-refractivity contribution in [1.29, 1.82) is 0 Å². The molecule has 0 amide bonds. The molecule has 0 saturated heterocycles. The molecule has 17 heavy (non-hydrogen) atoms. The van der Waals surface area contributed by atoms with E-state index < -0.39 is 25.3 Å². The van der Waals surface area contributed by atoms with E-state index in [1.54, 1.807) is 0 Å². The van der Waals surface area contributed by atoms with Crippen LogP contribution in [0.1, 0.15) is 13.3 Å². The van der Waals surface area contributed by atoms with E-state index in [-0.39, 0.29) is 13.0 Å². The van der Waals surface area contributed by atoms with Crippen molar-refractivity contribution >= 4 is 13.8 Å². The summed E-state index contributed by atoms with van der Waals surface area (Å²) in [4.78, 5) is 32.0. The molecule has 0 spiro atoms. The van der Waals surface area contributed by atoms with Gasteiger partial charge in [0.25, 0.3) is 0 Å². The van der Waals surface area contributed by atoms with Crippen LogP contribution in [0.3, 0.4) is 0 Å². The number of hydrogen-bond donors (Lipinski definition) is 6. The highest BCUT2D eigenvalue weighted by Crippen LogP contribution is 2.25. The van der Waals surface area contributed by atoms with Crippen LogP contribution in [0.15, 0.2) is 0 Å². The SMILES string of the molecule is C#CC(C(=O)O)[C@](C)(O)CCO.O=P(O)(O)O. The summed E-state index contributed by atoms with van der Waals surface area (Å²) in [6.45, 7) is 1.00. The minimum absolute atomic E-state index is 0.0475. The molecule has 0 aliphatic heterocycles. The third kappa shape index (κ3) is 11.3. The normalized spacial score (nSPS) is 15.8. The van der Waals surface area contributed by atoms with Crippen LogP contribution in [-0.2, 0) is 9.36 Å². The summed E-state index contributed by atoms with van der Waals surface area (Å²) < 4.78 is 8.88. The number of terminal acetylenes is 1. The number of phosphoric acid groups is 1. The van der Waals surface area contributed by atoms with Gasteiger partial charge in [-0.2, -0.15) is 0 Å². The third-order valence-electron chi connectivity index (χ3n) is 1.65. The second-order valence-electron chi connectivity index (χ2n) is 3.28. The molecule has 0 fully saturated rings. The first-order chi connectivity index (χ1) is 7.45. The molecule has 2 atom stereocenters. The molecule has 0 aromatic rings. The summed E-state index contributed by atoms with van der Waals surface area (Å²) in [5.41, 5.74) is -1.55. The van der Waals surface area contributed by atoms with Crippen molar-refractivity contribution in [3.63, 3.8) is 0 Å². The standard InChI is InChI=1S/C8H12O4.H3O4P/c1-3-6(7(10)11)8(2,12)4-5-9;1-5(2,3)4/h1,6,9,12H,4-5H2,2H3,(H,10,11);(H3,1,2,3,4)/t6?,8-;/m1./s1.